The van der Waals surface area contributed by atoms with Crippen LogP contribution in [0.15, 0.2) is 58.7 Å². The van der Waals surface area contributed by atoms with Crippen LogP contribution < -0.4 is 9.61 Å². The number of hydrogen-bond donors (Lipinski definition) is 1. The molecule has 3 rings (SSSR count). The first-order valence-corrected chi connectivity index (χ1v) is 7.07. The van der Waals surface area contributed by atoms with Crippen molar-refractivity contribution in [2.24, 2.45) is 0 Å². The highest BCUT2D eigenvalue weighted by molar-refractivity contribution is 7.07. The Kier molecular flexibility index (Phi) is 3.39. The lowest BCUT2D eigenvalue weighted by Crippen LogP contribution is -1.92. The molecule has 0 amide bonds. The lowest BCUT2D eigenvalue weighted by atomic mass is 10.0. The second kappa shape index (κ2) is 5.35. The van der Waals surface area contributed by atoms with Crippen LogP contribution in [0.5, 0.6) is 5.75 Å². The van der Waals surface area contributed by atoms with Gasteiger partial charge in [0.25, 0.3) is 0 Å². The molecule has 0 bridgehead atoms. The highest BCUT2D eigenvalue weighted by Gasteiger charge is 2.02. The van der Waals surface area contributed by atoms with E-state index in [2.05, 4.69) is 4.98 Å². The standard InChI is InChI=1S/C16H13NO2S/c1-19-14-8-6-12(7-9-14)11-2-4-13(5-3-11)15-10-20-16(18)17-15/h2-10H,1H3,(H,17,18). The highest BCUT2D eigenvalue weighted by Crippen LogP contribution is 2.25. The van der Waals surface area contributed by atoms with Gasteiger partial charge in [0.15, 0.2) is 0 Å². The molecule has 100 valence electrons. The van der Waals surface area contributed by atoms with Crippen molar-refractivity contribution in [3.8, 4) is 28.1 Å². The van der Waals surface area contributed by atoms with E-state index in [-0.39, 0.29) is 4.87 Å². The summed E-state index contributed by atoms with van der Waals surface area (Å²) < 4.78 is 5.15. The quantitative estimate of drug-likeness (QED) is 0.795. The predicted molar refractivity (Wildman–Crippen MR) is 82.4 cm³/mol. The lowest BCUT2D eigenvalue weighted by Gasteiger charge is -2.05. The fourth-order valence-electron chi connectivity index (χ4n) is 2.05. The lowest BCUT2D eigenvalue weighted by molar-refractivity contribution is 0.415. The number of benzene rings is 2. The number of aromatic nitrogens is 1. The minimum Gasteiger partial charge on any atom is -0.497 e. The Bertz CT molecular complexity index is 754. The first-order chi connectivity index (χ1) is 9.76. The zero-order valence-electron chi connectivity index (χ0n) is 10.9. The Balaban J connectivity index is 1.90. The van der Waals surface area contributed by atoms with Gasteiger partial charge in [0.05, 0.1) is 12.8 Å². The van der Waals surface area contributed by atoms with Crippen LogP contribution in [-0.2, 0) is 0 Å². The van der Waals surface area contributed by atoms with E-state index < -0.39 is 0 Å². The third-order valence-corrected chi connectivity index (χ3v) is 3.81. The zero-order valence-corrected chi connectivity index (χ0v) is 11.7. The molecule has 0 spiro atoms. The summed E-state index contributed by atoms with van der Waals surface area (Å²) in [4.78, 5) is 13.9. The van der Waals surface area contributed by atoms with Crippen molar-refractivity contribution >= 4 is 11.3 Å². The Hall–Kier alpha value is -2.33. The molecule has 0 unspecified atom stereocenters. The van der Waals surface area contributed by atoms with Gasteiger partial charge in [0.1, 0.15) is 5.75 Å². The van der Waals surface area contributed by atoms with Gasteiger partial charge in [0, 0.05) is 5.38 Å². The van der Waals surface area contributed by atoms with Gasteiger partial charge in [-0.15, -0.1) is 0 Å². The maximum atomic E-state index is 11.2. The number of H-pyrrole nitrogens is 1. The van der Waals surface area contributed by atoms with Gasteiger partial charge >= 0.3 is 4.87 Å². The van der Waals surface area contributed by atoms with E-state index in [1.165, 1.54) is 11.3 Å². The van der Waals surface area contributed by atoms with Gasteiger partial charge in [-0.25, -0.2) is 0 Å². The monoisotopic (exact) mass is 283 g/mol. The van der Waals surface area contributed by atoms with E-state index in [9.17, 15) is 4.79 Å². The van der Waals surface area contributed by atoms with Crippen molar-refractivity contribution in [3.05, 3.63) is 63.6 Å². The van der Waals surface area contributed by atoms with E-state index >= 15 is 0 Å². The van der Waals surface area contributed by atoms with Crippen LogP contribution in [-0.4, -0.2) is 12.1 Å². The molecular weight excluding hydrogens is 270 g/mol. The van der Waals surface area contributed by atoms with E-state index in [1.54, 1.807) is 7.11 Å². The van der Waals surface area contributed by atoms with E-state index in [0.717, 1.165) is 28.1 Å². The van der Waals surface area contributed by atoms with Gasteiger partial charge in [-0.2, -0.15) is 0 Å². The molecule has 4 heteroatoms. The molecule has 0 aliphatic heterocycles. The van der Waals surface area contributed by atoms with E-state index in [1.807, 2.05) is 53.9 Å². The van der Waals surface area contributed by atoms with Crippen molar-refractivity contribution in [1.29, 1.82) is 0 Å². The van der Waals surface area contributed by atoms with E-state index in [4.69, 9.17) is 4.74 Å². The van der Waals surface area contributed by atoms with Crippen LogP contribution in [0.4, 0.5) is 0 Å². The molecule has 0 aliphatic carbocycles. The van der Waals surface area contributed by atoms with Gasteiger partial charge in [-0.3, -0.25) is 4.79 Å². The first kappa shape index (κ1) is 12.7. The smallest absolute Gasteiger partial charge is 0.304 e. The number of thiazole rings is 1. The normalized spacial score (nSPS) is 10.4. The maximum absolute atomic E-state index is 11.2. The molecule has 2 aromatic carbocycles. The Morgan fingerprint density at radius 1 is 0.900 bits per heavy atom. The average molecular weight is 283 g/mol. The molecule has 0 fully saturated rings. The molecule has 0 saturated heterocycles. The number of nitrogens with one attached hydrogen (secondary N) is 1. The van der Waals surface area contributed by atoms with Crippen LogP contribution in [0.25, 0.3) is 22.4 Å². The summed E-state index contributed by atoms with van der Waals surface area (Å²) in [7, 11) is 1.66. The summed E-state index contributed by atoms with van der Waals surface area (Å²) in [6.45, 7) is 0. The molecule has 1 heterocycles. The summed E-state index contributed by atoms with van der Waals surface area (Å²) in [5.41, 5.74) is 4.15. The summed E-state index contributed by atoms with van der Waals surface area (Å²) in [6, 6.07) is 16.1. The molecule has 1 aromatic heterocycles. The molecule has 3 nitrogen and oxygen atoms in total. The third-order valence-electron chi connectivity index (χ3n) is 3.14. The number of aromatic amines is 1. The molecular formula is C16H13NO2S. The van der Waals surface area contributed by atoms with Crippen molar-refractivity contribution in [2.45, 2.75) is 0 Å². The van der Waals surface area contributed by atoms with Crippen LogP contribution in [0, 0.1) is 0 Å². The summed E-state index contributed by atoms with van der Waals surface area (Å²) in [5.74, 6) is 0.848. The molecule has 0 saturated carbocycles. The largest absolute Gasteiger partial charge is 0.497 e. The van der Waals surface area contributed by atoms with Crippen LogP contribution in [0.1, 0.15) is 0 Å². The molecule has 20 heavy (non-hydrogen) atoms. The predicted octanol–water partition coefficient (Wildman–Crippen LogP) is 3.78. The summed E-state index contributed by atoms with van der Waals surface area (Å²) in [5, 5.41) is 1.84. The SMILES string of the molecule is COc1ccc(-c2ccc(-c3csc(=O)[nH]3)cc2)cc1. The van der Waals surface area contributed by atoms with E-state index in [0.29, 0.717) is 0 Å². The minimum atomic E-state index is -0.0285. The fraction of sp³-hybridized carbons (Fsp3) is 0.0625. The second-order valence-electron chi connectivity index (χ2n) is 4.37. The number of hydrogen-bond acceptors (Lipinski definition) is 3. The number of rotatable bonds is 3. The van der Waals surface area contributed by atoms with Crippen molar-refractivity contribution in [1.82, 2.24) is 4.98 Å². The summed E-state index contributed by atoms with van der Waals surface area (Å²) >= 11 is 1.18. The van der Waals surface area contributed by atoms with Crippen LogP contribution in [0.3, 0.4) is 0 Å². The topological polar surface area (TPSA) is 42.1 Å². The zero-order chi connectivity index (χ0) is 13.9. The molecule has 3 aromatic rings. The van der Waals surface area contributed by atoms with Gasteiger partial charge in [0.2, 0.25) is 0 Å². The van der Waals surface area contributed by atoms with Crippen LogP contribution >= 0.6 is 11.3 Å². The molecule has 0 aliphatic rings. The number of methoxy groups -OCH3 is 1. The van der Waals surface area contributed by atoms with Gasteiger partial charge < -0.3 is 9.72 Å². The minimum absolute atomic E-state index is 0.0285. The maximum Gasteiger partial charge on any atom is 0.304 e. The molecule has 0 radical (unpaired) electrons. The Morgan fingerprint density at radius 2 is 1.45 bits per heavy atom. The summed E-state index contributed by atoms with van der Waals surface area (Å²) in [6.07, 6.45) is 0. The van der Waals surface area contributed by atoms with Crippen molar-refractivity contribution in [3.63, 3.8) is 0 Å². The third kappa shape index (κ3) is 2.51. The Labute approximate surface area is 120 Å². The molecule has 0 atom stereocenters. The van der Waals surface area contributed by atoms with Crippen molar-refractivity contribution in [2.75, 3.05) is 7.11 Å². The second-order valence-corrected chi connectivity index (χ2v) is 5.21. The fourth-order valence-corrected chi connectivity index (χ4v) is 2.64. The van der Waals surface area contributed by atoms with Gasteiger partial charge in [-0.1, -0.05) is 47.7 Å². The highest BCUT2D eigenvalue weighted by atomic mass is 32.1. The average Bonchev–Trinajstić information content (AvgIpc) is 2.94. The first-order valence-electron chi connectivity index (χ1n) is 6.19. The Morgan fingerprint density at radius 3 is 1.95 bits per heavy atom. The number of ether oxygens (including phenoxy) is 1. The molecule has 1 N–H and O–H groups in total. The van der Waals surface area contributed by atoms with Crippen molar-refractivity contribution < 1.29 is 4.74 Å². The van der Waals surface area contributed by atoms with Crippen LogP contribution in [0.2, 0.25) is 0 Å². The van der Waals surface area contributed by atoms with Gasteiger partial charge in [-0.05, 0) is 28.8 Å².